The Hall–Kier alpha value is -3.53. The number of hydrogen-bond donors (Lipinski definition) is 1. The van der Waals surface area contributed by atoms with E-state index < -0.39 is 0 Å². The van der Waals surface area contributed by atoms with Gasteiger partial charge in [-0.15, -0.1) is 0 Å². The van der Waals surface area contributed by atoms with Crippen molar-refractivity contribution >= 4 is 16.5 Å². The van der Waals surface area contributed by atoms with E-state index in [0.717, 1.165) is 28.3 Å². The van der Waals surface area contributed by atoms with Crippen LogP contribution in [0, 0.1) is 5.82 Å². The normalized spacial score (nSPS) is 10.7. The highest BCUT2D eigenvalue weighted by molar-refractivity contribution is 5.85. The van der Waals surface area contributed by atoms with Crippen LogP contribution >= 0.6 is 0 Å². The predicted molar refractivity (Wildman–Crippen MR) is 120 cm³/mol. The average molecular weight is 401 g/mol. The average Bonchev–Trinajstić information content (AvgIpc) is 2.78. The van der Waals surface area contributed by atoms with Crippen LogP contribution in [-0.2, 0) is 13.2 Å². The first-order chi connectivity index (χ1) is 14.7. The molecule has 0 fully saturated rings. The molecular formula is C26H24FNO2. The summed E-state index contributed by atoms with van der Waals surface area (Å²) in [5.41, 5.74) is 3.06. The van der Waals surface area contributed by atoms with E-state index >= 15 is 0 Å². The second-order valence-electron chi connectivity index (χ2n) is 7.00. The third kappa shape index (κ3) is 4.71. The number of halogens is 1. The maximum atomic E-state index is 13.1. The lowest BCUT2D eigenvalue weighted by atomic mass is 10.1. The molecule has 0 aliphatic heterocycles. The van der Waals surface area contributed by atoms with Gasteiger partial charge in [-0.25, -0.2) is 4.39 Å². The summed E-state index contributed by atoms with van der Waals surface area (Å²) in [4.78, 5) is 0. The van der Waals surface area contributed by atoms with Crippen molar-refractivity contribution in [3.8, 4) is 11.5 Å². The third-order valence-electron chi connectivity index (χ3n) is 4.91. The van der Waals surface area contributed by atoms with Crippen LogP contribution in [0.5, 0.6) is 11.5 Å². The van der Waals surface area contributed by atoms with E-state index in [-0.39, 0.29) is 5.82 Å². The summed E-state index contributed by atoms with van der Waals surface area (Å²) in [6, 6.07) is 26.8. The van der Waals surface area contributed by atoms with Gasteiger partial charge < -0.3 is 14.8 Å². The largest absolute Gasteiger partial charge is 0.490 e. The summed E-state index contributed by atoms with van der Waals surface area (Å²) >= 11 is 0. The molecular weight excluding hydrogens is 377 g/mol. The molecule has 0 unspecified atom stereocenters. The van der Waals surface area contributed by atoms with Gasteiger partial charge in [0.15, 0.2) is 11.5 Å². The van der Waals surface area contributed by atoms with Crippen molar-refractivity contribution < 1.29 is 13.9 Å². The fourth-order valence-electron chi connectivity index (χ4n) is 3.40. The maximum absolute atomic E-state index is 13.1. The molecule has 3 nitrogen and oxygen atoms in total. The molecule has 0 atom stereocenters. The van der Waals surface area contributed by atoms with Crippen molar-refractivity contribution in [3.63, 3.8) is 0 Å². The lowest BCUT2D eigenvalue weighted by molar-refractivity contribution is 0.270. The molecule has 0 aliphatic carbocycles. The molecule has 0 aliphatic rings. The van der Waals surface area contributed by atoms with Gasteiger partial charge in [0.2, 0.25) is 0 Å². The number of nitrogens with one attached hydrogen (secondary N) is 1. The predicted octanol–water partition coefficient (Wildman–Crippen LogP) is 6.57. The van der Waals surface area contributed by atoms with Gasteiger partial charge >= 0.3 is 0 Å². The fraction of sp³-hybridized carbons (Fsp3) is 0.154. The number of hydrogen-bond acceptors (Lipinski definition) is 3. The third-order valence-corrected chi connectivity index (χ3v) is 4.91. The van der Waals surface area contributed by atoms with Gasteiger partial charge in [0.05, 0.1) is 6.61 Å². The fourth-order valence-corrected chi connectivity index (χ4v) is 3.40. The lowest BCUT2D eigenvalue weighted by Gasteiger charge is -2.15. The summed E-state index contributed by atoms with van der Waals surface area (Å²) in [6.45, 7) is 3.58. The van der Waals surface area contributed by atoms with Crippen molar-refractivity contribution in [3.05, 3.63) is 102 Å². The van der Waals surface area contributed by atoms with Crippen molar-refractivity contribution in [2.75, 3.05) is 11.9 Å². The molecule has 0 amide bonds. The zero-order chi connectivity index (χ0) is 20.8. The Labute approximate surface area is 176 Å². The summed E-state index contributed by atoms with van der Waals surface area (Å²) < 4.78 is 25.0. The van der Waals surface area contributed by atoms with Crippen LogP contribution < -0.4 is 14.8 Å². The lowest BCUT2D eigenvalue weighted by Crippen LogP contribution is -2.03. The minimum absolute atomic E-state index is 0.244. The second-order valence-corrected chi connectivity index (χ2v) is 7.00. The van der Waals surface area contributed by atoms with Gasteiger partial charge in [0.25, 0.3) is 0 Å². The first-order valence-electron chi connectivity index (χ1n) is 10.1. The molecule has 0 spiro atoms. The molecule has 152 valence electrons. The molecule has 1 N–H and O–H groups in total. The van der Waals surface area contributed by atoms with Gasteiger partial charge in [0.1, 0.15) is 12.4 Å². The van der Waals surface area contributed by atoms with Crippen LogP contribution in [0.1, 0.15) is 18.1 Å². The van der Waals surface area contributed by atoms with Gasteiger partial charge in [-0.3, -0.25) is 0 Å². The highest BCUT2D eigenvalue weighted by Gasteiger charge is 2.09. The van der Waals surface area contributed by atoms with E-state index in [2.05, 4.69) is 35.6 Å². The second kappa shape index (κ2) is 9.31. The molecule has 0 radical (unpaired) electrons. The Morgan fingerprint density at radius 2 is 1.60 bits per heavy atom. The summed E-state index contributed by atoms with van der Waals surface area (Å²) in [7, 11) is 0. The highest BCUT2D eigenvalue weighted by Crippen LogP contribution is 2.30. The van der Waals surface area contributed by atoms with E-state index in [0.29, 0.717) is 19.8 Å². The summed E-state index contributed by atoms with van der Waals surface area (Å²) in [5.74, 6) is 1.19. The summed E-state index contributed by atoms with van der Waals surface area (Å²) in [6.07, 6.45) is 0. The van der Waals surface area contributed by atoms with Gasteiger partial charge in [-0.05, 0) is 65.2 Å². The highest BCUT2D eigenvalue weighted by atomic mass is 19.1. The van der Waals surface area contributed by atoms with Crippen LogP contribution in [0.15, 0.2) is 84.9 Å². The van der Waals surface area contributed by atoms with Crippen LogP contribution in [-0.4, -0.2) is 6.61 Å². The van der Waals surface area contributed by atoms with Crippen LogP contribution in [0.2, 0.25) is 0 Å². The van der Waals surface area contributed by atoms with Crippen molar-refractivity contribution in [2.24, 2.45) is 0 Å². The van der Waals surface area contributed by atoms with Crippen LogP contribution in [0.4, 0.5) is 10.1 Å². The Kier molecular flexibility index (Phi) is 6.14. The first kappa shape index (κ1) is 19.8. The van der Waals surface area contributed by atoms with Crippen LogP contribution in [0.3, 0.4) is 0 Å². The van der Waals surface area contributed by atoms with E-state index in [1.54, 1.807) is 12.1 Å². The molecule has 0 aromatic heterocycles. The molecule has 0 saturated carbocycles. The zero-order valence-electron chi connectivity index (χ0n) is 16.9. The zero-order valence-corrected chi connectivity index (χ0v) is 16.9. The topological polar surface area (TPSA) is 30.5 Å². The first-order valence-corrected chi connectivity index (χ1v) is 10.1. The molecule has 4 rings (SSSR count). The van der Waals surface area contributed by atoms with Gasteiger partial charge in [0, 0.05) is 12.2 Å². The number of fused-ring (bicyclic) bond motifs is 1. The van der Waals surface area contributed by atoms with Crippen molar-refractivity contribution in [2.45, 2.75) is 20.1 Å². The minimum atomic E-state index is -0.244. The molecule has 4 heteroatoms. The quantitative estimate of drug-likeness (QED) is 0.362. The molecule has 0 saturated heterocycles. The van der Waals surface area contributed by atoms with Gasteiger partial charge in [-0.2, -0.15) is 0 Å². The van der Waals surface area contributed by atoms with Crippen LogP contribution in [0.25, 0.3) is 10.8 Å². The van der Waals surface area contributed by atoms with Gasteiger partial charge in [-0.1, -0.05) is 48.5 Å². The smallest absolute Gasteiger partial charge is 0.161 e. The summed E-state index contributed by atoms with van der Waals surface area (Å²) in [5, 5.41) is 5.68. The maximum Gasteiger partial charge on any atom is 0.161 e. The van der Waals surface area contributed by atoms with E-state index in [1.165, 1.54) is 22.9 Å². The standard InChI is InChI=1S/C26H24FNO2/c1-2-29-26-16-19(17-28-23-13-11-22(27)12-14-23)10-15-25(26)30-18-21-8-5-7-20-6-3-4-9-24(20)21/h3-16,28H,2,17-18H2,1H3. The molecule has 4 aromatic rings. The number of rotatable bonds is 8. The van der Waals surface area contributed by atoms with Crippen molar-refractivity contribution in [1.82, 2.24) is 0 Å². The number of benzene rings is 4. The molecule has 0 bridgehead atoms. The molecule has 30 heavy (non-hydrogen) atoms. The van der Waals surface area contributed by atoms with E-state index in [4.69, 9.17) is 9.47 Å². The Balaban J connectivity index is 1.48. The monoisotopic (exact) mass is 401 g/mol. The molecule has 4 aromatic carbocycles. The number of ether oxygens (including phenoxy) is 2. The van der Waals surface area contributed by atoms with E-state index in [1.807, 2.05) is 37.3 Å². The number of anilines is 1. The molecule has 0 heterocycles. The minimum Gasteiger partial charge on any atom is -0.490 e. The van der Waals surface area contributed by atoms with Crippen molar-refractivity contribution in [1.29, 1.82) is 0 Å². The Morgan fingerprint density at radius 3 is 2.43 bits per heavy atom. The Morgan fingerprint density at radius 1 is 0.800 bits per heavy atom. The Bertz CT molecular complexity index is 1120. The SMILES string of the molecule is CCOc1cc(CNc2ccc(F)cc2)ccc1OCc1cccc2ccccc12. The van der Waals surface area contributed by atoms with E-state index in [9.17, 15) is 4.39 Å².